The lowest BCUT2D eigenvalue weighted by Gasteiger charge is -2.64. The van der Waals surface area contributed by atoms with Crippen LogP contribution in [0.4, 0.5) is 5.69 Å². The van der Waals surface area contributed by atoms with Crippen molar-refractivity contribution in [3.05, 3.63) is 29.8 Å². The lowest BCUT2D eigenvalue weighted by atomic mass is 9.62. The smallest absolute Gasteiger partial charge is 0.149 e. The van der Waals surface area contributed by atoms with Crippen molar-refractivity contribution in [2.45, 2.75) is 20.0 Å². The first-order valence-corrected chi connectivity index (χ1v) is 7.30. The van der Waals surface area contributed by atoms with Crippen LogP contribution in [0.15, 0.2) is 24.3 Å². The van der Waals surface area contributed by atoms with Gasteiger partial charge in [0.05, 0.1) is 17.0 Å². The summed E-state index contributed by atoms with van der Waals surface area (Å²) in [6, 6.07) is 8.18. The van der Waals surface area contributed by atoms with Crippen LogP contribution in [0.25, 0.3) is 0 Å². The van der Waals surface area contributed by atoms with E-state index in [2.05, 4.69) is 35.8 Å². The molecule has 0 radical (unpaired) electrons. The molecule has 1 aromatic carbocycles. The molecule has 4 nitrogen and oxygen atoms in total. The van der Waals surface area contributed by atoms with E-state index >= 15 is 0 Å². The second-order valence-electron chi connectivity index (χ2n) is 7.30. The summed E-state index contributed by atoms with van der Waals surface area (Å²) < 4.78 is 0. The number of rotatable bonds is 1. The summed E-state index contributed by atoms with van der Waals surface area (Å²) >= 11 is 0. The van der Waals surface area contributed by atoms with Gasteiger partial charge < -0.3 is 5.73 Å². The van der Waals surface area contributed by atoms with Gasteiger partial charge in [-0.15, -0.1) is 0 Å². The summed E-state index contributed by atoms with van der Waals surface area (Å²) in [7, 11) is 0. The minimum Gasteiger partial charge on any atom is -0.399 e. The van der Waals surface area contributed by atoms with E-state index < -0.39 is 0 Å². The molecule has 20 heavy (non-hydrogen) atoms. The molecule has 5 rings (SSSR count). The van der Waals surface area contributed by atoms with Crippen LogP contribution >= 0.6 is 0 Å². The number of nitrogen functional groups attached to an aromatic ring is 1. The molecule has 4 aliphatic heterocycles. The number of anilines is 1. The Kier molecular flexibility index (Phi) is 2.24. The van der Waals surface area contributed by atoms with Crippen molar-refractivity contribution in [1.29, 1.82) is 0 Å². The highest BCUT2D eigenvalue weighted by Crippen LogP contribution is 2.51. The van der Waals surface area contributed by atoms with Gasteiger partial charge in [-0.25, -0.2) is 0 Å². The third kappa shape index (κ3) is 1.46. The van der Waals surface area contributed by atoms with Gasteiger partial charge in [-0.05, 0) is 17.7 Å². The largest absolute Gasteiger partial charge is 0.399 e. The monoisotopic (exact) mass is 271 g/mol. The topological polar surface area (TPSA) is 49.6 Å². The number of hydrogen-bond acceptors (Lipinski definition) is 4. The molecule has 0 aliphatic carbocycles. The highest BCUT2D eigenvalue weighted by molar-refractivity contribution is 5.92. The average molecular weight is 271 g/mol. The number of nitrogens with two attached hydrogens (primary N) is 1. The van der Waals surface area contributed by atoms with Crippen LogP contribution in [0, 0.1) is 10.8 Å². The van der Waals surface area contributed by atoms with Gasteiger partial charge in [0.1, 0.15) is 5.78 Å². The standard InChI is InChI=1S/C16H21N3O/c1-15-7-18-9-16(2,14(15)20)10-19(8-15)13(18)11-3-5-12(17)6-4-11/h3-6,13H,7-10,17H2,1-2H3. The fourth-order valence-electron chi connectivity index (χ4n) is 4.69. The van der Waals surface area contributed by atoms with Crippen LogP contribution in [0.1, 0.15) is 25.6 Å². The number of nitrogens with zero attached hydrogens (tertiary/aromatic N) is 2. The Labute approximate surface area is 119 Å². The zero-order valence-electron chi connectivity index (χ0n) is 12.1. The van der Waals surface area contributed by atoms with E-state index in [-0.39, 0.29) is 10.8 Å². The van der Waals surface area contributed by atoms with Gasteiger partial charge in [-0.3, -0.25) is 14.6 Å². The molecule has 0 unspecified atom stereocenters. The lowest BCUT2D eigenvalue weighted by Crippen LogP contribution is -2.75. The van der Waals surface area contributed by atoms with Crippen LogP contribution in [0.3, 0.4) is 0 Å². The predicted octanol–water partition coefficient (Wildman–Crippen LogP) is 1.49. The van der Waals surface area contributed by atoms with E-state index in [4.69, 9.17) is 5.73 Å². The van der Waals surface area contributed by atoms with Crippen molar-refractivity contribution in [3.63, 3.8) is 0 Å². The van der Waals surface area contributed by atoms with Gasteiger partial charge in [0.25, 0.3) is 0 Å². The van der Waals surface area contributed by atoms with Crippen molar-refractivity contribution >= 4 is 11.5 Å². The summed E-state index contributed by atoms with van der Waals surface area (Å²) in [5.41, 5.74) is 7.51. The first-order valence-electron chi connectivity index (χ1n) is 7.30. The Morgan fingerprint density at radius 2 is 1.45 bits per heavy atom. The van der Waals surface area contributed by atoms with Gasteiger partial charge in [0, 0.05) is 31.9 Å². The summed E-state index contributed by atoms with van der Waals surface area (Å²) in [4.78, 5) is 17.6. The minimum absolute atomic E-state index is 0.185. The van der Waals surface area contributed by atoms with E-state index in [1.54, 1.807) is 0 Å². The first-order chi connectivity index (χ1) is 9.41. The molecule has 4 saturated heterocycles. The molecule has 0 spiro atoms. The number of ketones is 1. The van der Waals surface area contributed by atoms with Crippen molar-refractivity contribution in [2.24, 2.45) is 10.8 Å². The lowest BCUT2D eigenvalue weighted by molar-refractivity contribution is -0.197. The van der Waals surface area contributed by atoms with E-state index in [0.717, 1.165) is 31.9 Å². The molecule has 4 heterocycles. The average Bonchev–Trinajstić information content (AvgIpc) is 2.36. The molecule has 0 amide bonds. The quantitative estimate of drug-likeness (QED) is 0.786. The van der Waals surface area contributed by atoms with Crippen LogP contribution in [0.2, 0.25) is 0 Å². The molecule has 4 heteroatoms. The Morgan fingerprint density at radius 1 is 1.00 bits per heavy atom. The van der Waals surface area contributed by atoms with Crippen molar-refractivity contribution in [3.8, 4) is 0 Å². The molecule has 106 valence electrons. The van der Waals surface area contributed by atoms with E-state index in [0.29, 0.717) is 11.9 Å². The third-order valence-electron chi connectivity index (χ3n) is 5.23. The van der Waals surface area contributed by atoms with Gasteiger partial charge in [-0.1, -0.05) is 26.0 Å². The Balaban J connectivity index is 1.74. The molecule has 4 bridgehead atoms. The molecular weight excluding hydrogens is 250 g/mol. The fraction of sp³-hybridized carbons (Fsp3) is 0.562. The maximum atomic E-state index is 12.6. The highest BCUT2D eigenvalue weighted by atomic mass is 16.1. The van der Waals surface area contributed by atoms with Crippen molar-refractivity contribution in [1.82, 2.24) is 9.80 Å². The third-order valence-corrected chi connectivity index (χ3v) is 5.23. The van der Waals surface area contributed by atoms with Crippen LogP contribution in [-0.2, 0) is 4.79 Å². The first kappa shape index (κ1) is 12.4. The second kappa shape index (κ2) is 3.62. The summed E-state index contributed by atoms with van der Waals surface area (Å²) in [5, 5.41) is 0. The van der Waals surface area contributed by atoms with Crippen molar-refractivity contribution in [2.75, 3.05) is 31.9 Å². The normalized spacial score (nSPS) is 45.9. The van der Waals surface area contributed by atoms with Crippen molar-refractivity contribution < 1.29 is 4.79 Å². The number of piperidine rings is 2. The summed E-state index contributed by atoms with van der Waals surface area (Å²) in [6.45, 7) is 7.79. The van der Waals surface area contributed by atoms with Gasteiger partial charge >= 0.3 is 0 Å². The van der Waals surface area contributed by atoms with E-state index in [1.807, 2.05) is 12.1 Å². The number of benzene rings is 1. The molecule has 4 fully saturated rings. The van der Waals surface area contributed by atoms with E-state index in [9.17, 15) is 4.79 Å². The second-order valence-corrected chi connectivity index (χ2v) is 7.30. The molecule has 1 aromatic rings. The summed E-state index contributed by atoms with van der Waals surface area (Å²) in [5.74, 6) is 0.466. The summed E-state index contributed by atoms with van der Waals surface area (Å²) in [6.07, 6.45) is 0.310. The van der Waals surface area contributed by atoms with Crippen LogP contribution in [-0.4, -0.2) is 41.8 Å². The maximum Gasteiger partial charge on any atom is 0.149 e. The number of hydrogen-bond donors (Lipinski definition) is 1. The Morgan fingerprint density at radius 3 is 1.90 bits per heavy atom. The fourth-order valence-corrected chi connectivity index (χ4v) is 4.69. The molecule has 0 aromatic heterocycles. The molecule has 0 atom stereocenters. The van der Waals surface area contributed by atoms with Gasteiger partial charge in [0.2, 0.25) is 0 Å². The predicted molar refractivity (Wildman–Crippen MR) is 78.0 cm³/mol. The Hall–Kier alpha value is -1.39. The zero-order valence-corrected chi connectivity index (χ0v) is 12.1. The number of carbonyl (C=O) groups is 1. The number of Topliss-reactive ketones (excluding diaryl/α,β-unsaturated/α-hetero) is 1. The molecule has 0 saturated carbocycles. The maximum absolute atomic E-state index is 12.6. The zero-order chi connectivity index (χ0) is 14.1. The number of carbonyl (C=O) groups excluding carboxylic acids is 1. The van der Waals surface area contributed by atoms with E-state index in [1.165, 1.54) is 5.56 Å². The Bertz CT molecular complexity index is 540. The minimum atomic E-state index is -0.185. The SMILES string of the molecule is CC12CN3CC(C)(CN(C1)C3c1ccc(N)cc1)C2=O. The van der Waals surface area contributed by atoms with Gasteiger partial charge in [-0.2, -0.15) is 0 Å². The van der Waals surface area contributed by atoms with Gasteiger partial charge in [0.15, 0.2) is 0 Å². The molecule has 2 N–H and O–H groups in total. The van der Waals surface area contributed by atoms with Crippen LogP contribution in [0.5, 0.6) is 0 Å². The van der Waals surface area contributed by atoms with Crippen LogP contribution < -0.4 is 5.73 Å². The molecule has 4 aliphatic rings. The highest BCUT2D eigenvalue weighted by Gasteiger charge is 2.61. The molecular formula is C16H21N3O.